The van der Waals surface area contributed by atoms with E-state index in [0.29, 0.717) is 5.78 Å². The fraction of sp³-hybridized carbons (Fsp3) is 0.700. The molecule has 0 bridgehead atoms. The maximum atomic E-state index is 11.0. The lowest BCUT2D eigenvalue weighted by molar-refractivity contribution is -0.115. The van der Waals surface area contributed by atoms with Gasteiger partial charge >= 0.3 is 0 Å². The van der Waals surface area contributed by atoms with Crippen molar-refractivity contribution < 1.29 is 4.79 Å². The Morgan fingerprint density at radius 2 is 2.18 bits per heavy atom. The maximum Gasteiger partial charge on any atom is 0.155 e. The van der Waals surface area contributed by atoms with Gasteiger partial charge in [0, 0.05) is 6.42 Å². The largest absolute Gasteiger partial charge is 0.295 e. The average Bonchev–Trinajstić information content (AvgIpc) is 1.94. The van der Waals surface area contributed by atoms with Crippen LogP contribution in [0, 0.1) is 5.41 Å². The Hall–Kier alpha value is -0.590. The molecule has 0 saturated heterocycles. The molecule has 0 saturated carbocycles. The summed E-state index contributed by atoms with van der Waals surface area (Å²) >= 11 is 0. The van der Waals surface area contributed by atoms with Gasteiger partial charge in [0.1, 0.15) is 0 Å². The van der Waals surface area contributed by atoms with Crippen LogP contribution >= 0.6 is 0 Å². The Kier molecular flexibility index (Phi) is 2.17. The SMILES string of the molecule is CCC1=CC(=O)CCC1(C)C. The fourth-order valence-electron chi connectivity index (χ4n) is 1.64. The van der Waals surface area contributed by atoms with Gasteiger partial charge < -0.3 is 0 Å². The molecule has 1 nitrogen and oxygen atoms in total. The third kappa shape index (κ3) is 1.70. The number of ketones is 1. The van der Waals surface area contributed by atoms with Gasteiger partial charge in [-0.3, -0.25) is 4.79 Å². The Labute approximate surface area is 68.5 Å². The van der Waals surface area contributed by atoms with Crippen molar-refractivity contribution in [3.05, 3.63) is 11.6 Å². The van der Waals surface area contributed by atoms with Gasteiger partial charge in [0.25, 0.3) is 0 Å². The molecule has 1 aliphatic carbocycles. The van der Waals surface area contributed by atoms with Crippen LogP contribution in [0.25, 0.3) is 0 Å². The highest BCUT2D eigenvalue weighted by atomic mass is 16.1. The van der Waals surface area contributed by atoms with Crippen molar-refractivity contribution in [3.63, 3.8) is 0 Å². The molecule has 62 valence electrons. The second kappa shape index (κ2) is 2.80. The molecule has 0 N–H and O–H groups in total. The highest BCUT2D eigenvalue weighted by Gasteiger charge is 2.26. The predicted molar refractivity (Wildman–Crippen MR) is 46.4 cm³/mol. The molecular weight excluding hydrogens is 136 g/mol. The molecule has 1 heteroatoms. The summed E-state index contributed by atoms with van der Waals surface area (Å²) in [4.78, 5) is 11.0. The van der Waals surface area contributed by atoms with E-state index in [1.807, 2.05) is 6.08 Å². The summed E-state index contributed by atoms with van der Waals surface area (Å²) < 4.78 is 0. The molecule has 0 fully saturated rings. The number of carbonyl (C=O) groups excluding carboxylic acids is 1. The maximum absolute atomic E-state index is 11.0. The second-order valence-electron chi connectivity index (χ2n) is 3.87. The van der Waals surface area contributed by atoms with Crippen molar-refractivity contribution in [1.29, 1.82) is 0 Å². The molecule has 0 aliphatic heterocycles. The summed E-state index contributed by atoms with van der Waals surface area (Å²) in [5.74, 6) is 0.307. The zero-order valence-corrected chi connectivity index (χ0v) is 7.61. The molecule has 0 radical (unpaired) electrons. The van der Waals surface area contributed by atoms with Crippen LogP contribution in [0.5, 0.6) is 0 Å². The van der Waals surface area contributed by atoms with Gasteiger partial charge in [0.15, 0.2) is 5.78 Å². The molecule has 1 aliphatic rings. The van der Waals surface area contributed by atoms with E-state index in [4.69, 9.17) is 0 Å². The summed E-state index contributed by atoms with van der Waals surface area (Å²) in [6.07, 6.45) is 4.60. The standard InChI is InChI=1S/C10H16O/c1-4-8-7-9(11)5-6-10(8,2)3/h7H,4-6H2,1-3H3. The summed E-state index contributed by atoms with van der Waals surface area (Å²) in [6.45, 7) is 6.55. The first-order chi connectivity index (χ1) is 5.06. The van der Waals surface area contributed by atoms with E-state index in [1.165, 1.54) is 5.57 Å². The van der Waals surface area contributed by atoms with Gasteiger partial charge in [-0.05, 0) is 24.3 Å². The first kappa shape index (κ1) is 8.51. The fourth-order valence-corrected chi connectivity index (χ4v) is 1.64. The average molecular weight is 152 g/mol. The normalized spacial score (nSPS) is 23.2. The molecule has 0 atom stereocenters. The first-order valence-corrected chi connectivity index (χ1v) is 4.30. The van der Waals surface area contributed by atoms with E-state index in [0.717, 1.165) is 19.3 Å². The highest BCUT2D eigenvalue weighted by molar-refractivity contribution is 5.91. The van der Waals surface area contributed by atoms with Crippen molar-refractivity contribution in [1.82, 2.24) is 0 Å². The van der Waals surface area contributed by atoms with Gasteiger partial charge in [0.2, 0.25) is 0 Å². The van der Waals surface area contributed by atoms with Crippen molar-refractivity contribution >= 4 is 5.78 Å². The zero-order chi connectivity index (χ0) is 8.48. The highest BCUT2D eigenvalue weighted by Crippen LogP contribution is 2.36. The molecule has 11 heavy (non-hydrogen) atoms. The third-order valence-corrected chi connectivity index (χ3v) is 2.58. The minimum atomic E-state index is 0.267. The zero-order valence-electron chi connectivity index (χ0n) is 7.61. The second-order valence-corrected chi connectivity index (χ2v) is 3.87. The molecule has 0 unspecified atom stereocenters. The van der Waals surface area contributed by atoms with Crippen LogP contribution in [-0.4, -0.2) is 5.78 Å². The van der Waals surface area contributed by atoms with Gasteiger partial charge in [-0.1, -0.05) is 26.3 Å². The predicted octanol–water partition coefficient (Wildman–Crippen LogP) is 2.71. The lowest BCUT2D eigenvalue weighted by Crippen LogP contribution is -2.21. The number of hydrogen-bond acceptors (Lipinski definition) is 1. The van der Waals surface area contributed by atoms with Crippen LogP contribution in [0.2, 0.25) is 0 Å². The van der Waals surface area contributed by atoms with Crippen molar-refractivity contribution in [2.45, 2.75) is 40.0 Å². The molecule has 0 aromatic carbocycles. The van der Waals surface area contributed by atoms with Crippen molar-refractivity contribution in [2.24, 2.45) is 5.41 Å². The molecule has 0 aromatic heterocycles. The van der Waals surface area contributed by atoms with Gasteiger partial charge in [-0.25, -0.2) is 0 Å². The number of rotatable bonds is 1. The van der Waals surface area contributed by atoms with E-state index in [2.05, 4.69) is 20.8 Å². The first-order valence-electron chi connectivity index (χ1n) is 4.30. The smallest absolute Gasteiger partial charge is 0.155 e. The topological polar surface area (TPSA) is 17.1 Å². The lowest BCUT2D eigenvalue weighted by atomic mass is 9.74. The Balaban J connectivity index is 2.89. The van der Waals surface area contributed by atoms with Crippen LogP contribution in [0.15, 0.2) is 11.6 Å². The third-order valence-electron chi connectivity index (χ3n) is 2.58. The van der Waals surface area contributed by atoms with E-state index < -0.39 is 0 Å². The van der Waals surface area contributed by atoms with Crippen LogP contribution < -0.4 is 0 Å². The van der Waals surface area contributed by atoms with Crippen molar-refractivity contribution in [3.8, 4) is 0 Å². The van der Waals surface area contributed by atoms with E-state index >= 15 is 0 Å². The Morgan fingerprint density at radius 1 is 1.55 bits per heavy atom. The molecule has 0 aromatic rings. The molecule has 1 rings (SSSR count). The van der Waals surface area contributed by atoms with Crippen LogP contribution in [-0.2, 0) is 4.79 Å². The molecule has 0 amide bonds. The minimum Gasteiger partial charge on any atom is -0.295 e. The van der Waals surface area contributed by atoms with Crippen LogP contribution in [0.4, 0.5) is 0 Å². The van der Waals surface area contributed by atoms with Gasteiger partial charge in [-0.2, -0.15) is 0 Å². The number of hydrogen-bond donors (Lipinski definition) is 0. The van der Waals surface area contributed by atoms with Gasteiger partial charge in [-0.15, -0.1) is 0 Å². The lowest BCUT2D eigenvalue weighted by Gasteiger charge is -2.30. The number of carbonyl (C=O) groups is 1. The number of allylic oxidation sites excluding steroid dienone is 2. The summed E-state index contributed by atoms with van der Waals surface area (Å²) in [7, 11) is 0. The Morgan fingerprint density at radius 3 is 2.64 bits per heavy atom. The summed E-state index contributed by atoms with van der Waals surface area (Å²) in [5, 5.41) is 0. The quantitative estimate of drug-likeness (QED) is 0.564. The summed E-state index contributed by atoms with van der Waals surface area (Å²) in [5.41, 5.74) is 1.58. The van der Waals surface area contributed by atoms with Crippen LogP contribution in [0.3, 0.4) is 0 Å². The molecule has 0 heterocycles. The van der Waals surface area contributed by atoms with Gasteiger partial charge in [0.05, 0.1) is 0 Å². The van der Waals surface area contributed by atoms with E-state index in [1.54, 1.807) is 0 Å². The molecular formula is C10H16O. The van der Waals surface area contributed by atoms with E-state index in [-0.39, 0.29) is 5.41 Å². The summed E-state index contributed by atoms with van der Waals surface area (Å²) in [6, 6.07) is 0. The molecule has 0 spiro atoms. The van der Waals surface area contributed by atoms with E-state index in [9.17, 15) is 4.79 Å². The Bertz CT molecular complexity index is 199. The minimum absolute atomic E-state index is 0.267. The van der Waals surface area contributed by atoms with Crippen LogP contribution in [0.1, 0.15) is 40.0 Å². The monoisotopic (exact) mass is 152 g/mol. The van der Waals surface area contributed by atoms with Crippen molar-refractivity contribution in [2.75, 3.05) is 0 Å².